The van der Waals surface area contributed by atoms with Crippen LogP contribution < -0.4 is 9.64 Å². The summed E-state index contributed by atoms with van der Waals surface area (Å²) in [5.41, 5.74) is 4.05. The molecule has 1 fully saturated rings. The number of amides is 1. The minimum atomic E-state index is 0.0447. The third kappa shape index (κ3) is 3.93. The number of fused-ring (bicyclic) bond motifs is 1. The highest BCUT2D eigenvalue weighted by molar-refractivity contribution is 5.94. The summed E-state index contributed by atoms with van der Waals surface area (Å²) in [4.78, 5) is 28.1. The van der Waals surface area contributed by atoms with E-state index in [0.717, 1.165) is 48.7 Å². The number of rotatable bonds is 4. The third-order valence-corrected chi connectivity index (χ3v) is 5.36. The van der Waals surface area contributed by atoms with Gasteiger partial charge in [-0.25, -0.2) is 0 Å². The van der Waals surface area contributed by atoms with E-state index in [1.807, 2.05) is 47.4 Å². The Morgan fingerprint density at radius 1 is 1.00 bits per heavy atom. The van der Waals surface area contributed by atoms with Crippen LogP contribution in [-0.4, -0.2) is 49.4 Å². The van der Waals surface area contributed by atoms with Crippen LogP contribution in [0.3, 0.4) is 0 Å². The molecule has 0 N–H and O–H groups in total. The van der Waals surface area contributed by atoms with Crippen LogP contribution in [0.2, 0.25) is 0 Å². The highest BCUT2D eigenvalue weighted by Crippen LogP contribution is 2.26. The molecule has 0 aromatic heterocycles. The molecule has 4 rings (SSSR count). The number of anilines is 1. The number of carbonyl (C=O) groups excluding carboxylic acids is 2. The molecule has 0 saturated carbocycles. The van der Waals surface area contributed by atoms with Gasteiger partial charge in [0, 0.05) is 49.9 Å². The van der Waals surface area contributed by atoms with E-state index in [9.17, 15) is 9.59 Å². The Kier molecular flexibility index (Phi) is 5.15. The van der Waals surface area contributed by atoms with Gasteiger partial charge >= 0.3 is 0 Å². The Bertz CT molecular complexity index is 910. The van der Waals surface area contributed by atoms with Crippen molar-refractivity contribution in [3.63, 3.8) is 0 Å². The zero-order valence-corrected chi connectivity index (χ0v) is 16.1. The van der Waals surface area contributed by atoms with Gasteiger partial charge in [0.15, 0.2) is 5.78 Å². The van der Waals surface area contributed by atoms with Crippen molar-refractivity contribution in [1.29, 1.82) is 0 Å². The van der Waals surface area contributed by atoms with Crippen molar-refractivity contribution in [2.24, 2.45) is 0 Å². The molecule has 5 heteroatoms. The molecular weight excluding hydrogens is 352 g/mol. The van der Waals surface area contributed by atoms with Crippen molar-refractivity contribution in [2.45, 2.75) is 13.3 Å². The first kappa shape index (κ1) is 18.3. The van der Waals surface area contributed by atoms with Crippen molar-refractivity contribution in [2.75, 3.05) is 37.7 Å². The van der Waals surface area contributed by atoms with Gasteiger partial charge in [0.1, 0.15) is 5.75 Å². The predicted molar refractivity (Wildman–Crippen MR) is 110 cm³/mol. The molecule has 144 valence electrons. The van der Waals surface area contributed by atoms with Crippen LogP contribution >= 0.6 is 0 Å². The lowest BCUT2D eigenvalue weighted by Gasteiger charge is -2.35. The van der Waals surface area contributed by atoms with E-state index in [1.54, 1.807) is 13.0 Å². The fraction of sp³-hybridized carbons (Fsp3) is 0.304. The van der Waals surface area contributed by atoms with E-state index in [-0.39, 0.29) is 11.7 Å². The summed E-state index contributed by atoms with van der Waals surface area (Å²) in [5, 5.41) is 0. The van der Waals surface area contributed by atoms with Gasteiger partial charge in [0.05, 0.1) is 6.61 Å². The lowest BCUT2D eigenvalue weighted by atomic mass is 10.1. The van der Waals surface area contributed by atoms with Crippen LogP contribution in [-0.2, 0) is 11.2 Å². The van der Waals surface area contributed by atoms with Crippen LogP contribution in [0.25, 0.3) is 6.08 Å². The molecule has 0 atom stereocenters. The molecule has 1 amide bonds. The van der Waals surface area contributed by atoms with Crippen molar-refractivity contribution >= 4 is 23.5 Å². The van der Waals surface area contributed by atoms with Gasteiger partial charge in [-0.1, -0.05) is 6.07 Å². The largest absolute Gasteiger partial charge is 0.493 e. The molecule has 28 heavy (non-hydrogen) atoms. The molecule has 2 aliphatic heterocycles. The van der Waals surface area contributed by atoms with Crippen LogP contribution in [0.5, 0.6) is 5.75 Å². The normalized spacial score (nSPS) is 16.2. The number of ether oxygens (including phenoxy) is 1. The maximum absolute atomic E-state index is 12.5. The summed E-state index contributed by atoms with van der Waals surface area (Å²) in [6.07, 6.45) is 4.48. The number of piperazine rings is 1. The van der Waals surface area contributed by atoms with Gasteiger partial charge in [-0.2, -0.15) is 0 Å². The molecular formula is C23H24N2O3. The van der Waals surface area contributed by atoms with Crippen LogP contribution in [0, 0.1) is 0 Å². The van der Waals surface area contributed by atoms with Crippen LogP contribution in [0.1, 0.15) is 28.4 Å². The summed E-state index contributed by atoms with van der Waals surface area (Å²) in [6, 6.07) is 13.7. The summed E-state index contributed by atoms with van der Waals surface area (Å²) in [6.45, 7) is 5.27. The van der Waals surface area contributed by atoms with Gasteiger partial charge in [0.25, 0.3) is 0 Å². The Labute approximate surface area is 165 Å². The molecule has 2 aromatic rings. The van der Waals surface area contributed by atoms with Gasteiger partial charge in [0.2, 0.25) is 5.91 Å². The van der Waals surface area contributed by atoms with Gasteiger partial charge in [-0.05, 0) is 60.5 Å². The average Bonchev–Trinajstić information content (AvgIpc) is 3.20. The number of benzene rings is 2. The number of Topliss-reactive ketones (excluding diaryl/α,β-unsaturated/α-hetero) is 1. The molecule has 5 nitrogen and oxygen atoms in total. The maximum Gasteiger partial charge on any atom is 0.246 e. The second-order valence-electron chi connectivity index (χ2n) is 7.21. The van der Waals surface area contributed by atoms with E-state index in [0.29, 0.717) is 13.1 Å². The smallest absolute Gasteiger partial charge is 0.246 e. The Morgan fingerprint density at radius 3 is 2.46 bits per heavy atom. The van der Waals surface area contributed by atoms with Gasteiger partial charge in [-0.15, -0.1) is 0 Å². The minimum Gasteiger partial charge on any atom is -0.493 e. The zero-order valence-electron chi connectivity index (χ0n) is 16.1. The second kappa shape index (κ2) is 7.89. The van der Waals surface area contributed by atoms with Gasteiger partial charge < -0.3 is 14.5 Å². The summed E-state index contributed by atoms with van der Waals surface area (Å²) >= 11 is 0. The first-order chi connectivity index (χ1) is 13.6. The summed E-state index contributed by atoms with van der Waals surface area (Å²) in [7, 11) is 0. The molecule has 0 spiro atoms. The quantitative estimate of drug-likeness (QED) is 0.607. The molecule has 1 saturated heterocycles. The SMILES string of the molecule is CC(=O)c1ccc(N2CCN(C(=O)/C=C/c3ccc4c(c3)CCO4)CC2)cc1. The molecule has 2 aromatic carbocycles. The van der Waals surface area contributed by atoms with E-state index >= 15 is 0 Å². The fourth-order valence-electron chi connectivity index (χ4n) is 3.68. The lowest BCUT2D eigenvalue weighted by molar-refractivity contribution is -0.126. The van der Waals surface area contributed by atoms with Crippen LogP contribution in [0.15, 0.2) is 48.5 Å². The highest BCUT2D eigenvalue weighted by atomic mass is 16.5. The maximum atomic E-state index is 12.5. The number of nitrogens with zero attached hydrogens (tertiary/aromatic N) is 2. The highest BCUT2D eigenvalue weighted by Gasteiger charge is 2.20. The Morgan fingerprint density at radius 2 is 1.75 bits per heavy atom. The average molecular weight is 376 g/mol. The minimum absolute atomic E-state index is 0.0447. The predicted octanol–water partition coefficient (Wildman–Crippen LogP) is 3.19. The van der Waals surface area contributed by atoms with E-state index in [2.05, 4.69) is 11.0 Å². The van der Waals surface area contributed by atoms with Crippen molar-refractivity contribution < 1.29 is 14.3 Å². The third-order valence-electron chi connectivity index (χ3n) is 5.36. The fourth-order valence-corrected chi connectivity index (χ4v) is 3.68. The topological polar surface area (TPSA) is 49.9 Å². The molecule has 0 unspecified atom stereocenters. The Balaban J connectivity index is 1.33. The first-order valence-corrected chi connectivity index (χ1v) is 9.69. The summed E-state index contributed by atoms with van der Waals surface area (Å²) < 4.78 is 5.52. The number of ketones is 1. The monoisotopic (exact) mass is 376 g/mol. The molecule has 2 aliphatic rings. The molecule has 2 heterocycles. The summed E-state index contributed by atoms with van der Waals surface area (Å²) in [5.74, 6) is 1.07. The van der Waals surface area contributed by atoms with Crippen molar-refractivity contribution in [1.82, 2.24) is 4.90 Å². The van der Waals surface area contributed by atoms with Crippen LogP contribution in [0.4, 0.5) is 5.69 Å². The molecule has 0 radical (unpaired) electrons. The van der Waals surface area contributed by atoms with E-state index in [1.165, 1.54) is 5.56 Å². The van der Waals surface area contributed by atoms with Crippen molar-refractivity contribution in [3.8, 4) is 5.75 Å². The van der Waals surface area contributed by atoms with Gasteiger partial charge in [-0.3, -0.25) is 9.59 Å². The number of hydrogen-bond acceptors (Lipinski definition) is 4. The van der Waals surface area contributed by atoms with E-state index < -0.39 is 0 Å². The molecule has 0 bridgehead atoms. The van der Waals surface area contributed by atoms with E-state index in [4.69, 9.17) is 4.74 Å². The standard InChI is InChI=1S/C23H24N2O3/c1-17(26)19-4-6-21(7-5-19)24-11-13-25(14-12-24)23(27)9-3-18-2-8-22-20(16-18)10-15-28-22/h2-9,16H,10-15H2,1H3/b9-3+. The second-order valence-corrected chi connectivity index (χ2v) is 7.21. The van der Waals surface area contributed by atoms with Crippen molar-refractivity contribution in [3.05, 3.63) is 65.2 Å². The first-order valence-electron chi connectivity index (χ1n) is 9.69. The number of hydrogen-bond donors (Lipinski definition) is 0. The molecule has 0 aliphatic carbocycles. The number of carbonyl (C=O) groups is 2. The Hall–Kier alpha value is -3.08. The zero-order chi connectivity index (χ0) is 19.5. The lowest BCUT2D eigenvalue weighted by Crippen LogP contribution is -2.48.